The summed E-state index contributed by atoms with van der Waals surface area (Å²) in [5, 5.41) is 9.07. The molecule has 0 aliphatic heterocycles. The van der Waals surface area contributed by atoms with Crippen LogP contribution < -0.4 is 9.47 Å². The van der Waals surface area contributed by atoms with Crippen LogP contribution in [0.5, 0.6) is 11.5 Å². The van der Waals surface area contributed by atoms with E-state index >= 15 is 0 Å². The van der Waals surface area contributed by atoms with Crippen molar-refractivity contribution < 1.29 is 24.1 Å². The van der Waals surface area contributed by atoms with Gasteiger partial charge in [-0.2, -0.15) is 0 Å². The van der Waals surface area contributed by atoms with Crippen molar-refractivity contribution in [1.29, 1.82) is 0 Å². The Labute approximate surface area is 106 Å². The van der Waals surface area contributed by atoms with Crippen molar-refractivity contribution >= 4 is 5.97 Å². The summed E-state index contributed by atoms with van der Waals surface area (Å²) in [4.78, 5) is 11.1. The third kappa shape index (κ3) is 3.92. The summed E-state index contributed by atoms with van der Waals surface area (Å²) < 4.78 is 15.8. The molecule has 0 aliphatic rings. The van der Waals surface area contributed by atoms with E-state index in [4.69, 9.17) is 19.3 Å². The van der Waals surface area contributed by atoms with E-state index in [1.807, 2.05) is 13.8 Å². The number of ether oxygens (including phenoxy) is 3. The van der Waals surface area contributed by atoms with Crippen molar-refractivity contribution in [3.8, 4) is 11.5 Å². The molecule has 0 spiro atoms. The Hall–Kier alpha value is -1.75. The van der Waals surface area contributed by atoms with Crippen LogP contribution in [0.25, 0.3) is 0 Å². The van der Waals surface area contributed by atoms with Gasteiger partial charge >= 0.3 is 5.97 Å². The quantitative estimate of drug-likeness (QED) is 0.808. The lowest BCUT2D eigenvalue weighted by Crippen LogP contribution is -2.20. The summed E-state index contributed by atoms with van der Waals surface area (Å²) in [6, 6.07) is 4.61. The lowest BCUT2D eigenvalue weighted by Gasteiger charge is -2.16. The van der Waals surface area contributed by atoms with Crippen molar-refractivity contribution in [3.05, 3.63) is 23.8 Å². The predicted molar refractivity (Wildman–Crippen MR) is 66.5 cm³/mol. The van der Waals surface area contributed by atoms with E-state index in [1.165, 1.54) is 13.2 Å². The molecule has 5 nitrogen and oxygen atoms in total. The number of aromatic carboxylic acids is 1. The monoisotopic (exact) mass is 254 g/mol. The van der Waals surface area contributed by atoms with Gasteiger partial charge < -0.3 is 19.3 Å². The van der Waals surface area contributed by atoms with Crippen LogP contribution in [0.1, 0.15) is 24.2 Å². The molecule has 0 radical (unpaired) electrons. The Balaban J connectivity index is 2.86. The lowest BCUT2D eigenvalue weighted by molar-refractivity contribution is 0.0606. The van der Waals surface area contributed by atoms with Gasteiger partial charge in [-0.1, -0.05) is 0 Å². The van der Waals surface area contributed by atoms with Gasteiger partial charge in [0.25, 0.3) is 0 Å². The van der Waals surface area contributed by atoms with Gasteiger partial charge in [0.2, 0.25) is 0 Å². The first-order valence-electron chi connectivity index (χ1n) is 5.74. The molecular formula is C13H18O5. The highest BCUT2D eigenvalue weighted by atomic mass is 16.5. The van der Waals surface area contributed by atoms with Gasteiger partial charge in [-0.25, -0.2) is 4.79 Å². The minimum atomic E-state index is -1.03. The molecule has 18 heavy (non-hydrogen) atoms. The normalized spacial score (nSPS) is 11.9. The molecule has 0 bridgehead atoms. The highest BCUT2D eigenvalue weighted by Crippen LogP contribution is 2.25. The van der Waals surface area contributed by atoms with Gasteiger partial charge in [0.1, 0.15) is 23.2 Å². The molecular weight excluding hydrogens is 236 g/mol. The van der Waals surface area contributed by atoms with E-state index < -0.39 is 5.97 Å². The molecule has 1 N–H and O–H groups in total. The first-order valence-corrected chi connectivity index (χ1v) is 5.74. The maximum Gasteiger partial charge on any atom is 0.339 e. The highest BCUT2D eigenvalue weighted by molar-refractivity contribution is 5.91. The molecule has 0 aliphatic carbocycles. The molecule has 0 fully saturated rings. The minimum absolute atomic E-state index is 0.110. The summed E-state index contributed by atoms with van der Waals surface area (Å²) in [5.41, 5.74) is 0.110. The summed E-state index contributed by atoms with van der Waals surface area (Å²) in [6.45, 7) is 4.71. The average Bonchev–Trinajstić information content (AvgIpc) is 2.35. The van der Waals surface area contributed by atoms with E-state index in [0.717, 1.165) is 0 Å². The Bertz CT molecular complexity index is 402. The summed E-state index contributed by atoms with van der Waals surface area (Å²) in [7, 11) is 1.52. The van der Waals surface area contributed by atoms with Gasteiger partial charge in [-0.3, -0.25) is 0 Å². The topological polar surface area (TPSA) is 65.0 Å². The van der Waals surface area contributed by atoms with Gasteiger partial charge in [-0.05, 0) is 26.0 Å². The number of hydrogen-bond acceptors (Lipinski definition) is 4. The maximum absolute atomic E-state index is 11.1. The van der Waals surface area contributed by atoms with Crippen LogP contribution in [0, 0.1) is 0 Å². The summed E-state index contributed by atoms with van der Waals surface area (Å²) >= 11 is 0. The smallest absolute Gasteiger partial charge is 0.339 e. The van der Waals surface area contributed by atoms with E-state index in [2.05, 4.69) is 0 Å². The number of carboxylic acid groups (broad SMARTS) is 1. The number of hydrogen-bond donors (Lipinski definition) is 1. The second-order valence-corrected chi connectivity index (χ2v) is 3.76. The van der Waals surface area contributed by atoms with Crippen molar-refractivity contribution in [2.24, 2.45) is 0 Å². The van der Waals surface area contributed by atoms with Crippen LogP contribution in [0.2, 0.25) is 0 Å². The van der Waals surface area contributed by atoms with Crippen LogP contribution in [0.3, 0.4) is 0 Å². The zero-order chi connectivity index (χ0) is 13.5. The fraction of sp³-hybridized carbons (Fsp3) is 0.462. The first-order chi connectivity index (χ1) is 8.58. The van der Waals surface area contributed by atoms with E-state index in [9.17, 15) is 4.79 Å². The van der Waals surface area contributed by atoms with Gasteiger partial charge in [0, 0.05) is 12.7 Å². The summed E-state index contributed by atoms with van der Waals surface area (Å²) in [5.74, 6) is -0.191. The van der Waals surface area contributed by atoms with Crippen LogP contribution in [0.4, 0.5) is 0 Å². The second kappa shape index (κ2) is 6.86. The Morgan fingerprint density at radius 3 is 2.72 bits per heavy atom. The van der Waals surface area contributed by atoms with Gasteiger partial charge in [-0.15, -0.1) is 0 Å². The highest BCUT2D eigenvalue weighted by Gasteiger charge is 2.15. The number of carboxylic acids is 1. The fourth-order valence-corrected chi connectivity index (χ4v) is 1.44. The first kappa shape index (κ1) is 14.3. The van der Waals surface area contributed by atoms with Crippen LogP contribution in [-0.2, 0) is 4.74 Å². The molecule has 1 atom stereocenters. The van der Waals surface area contributed by atoms with Crippen LogP contribution in [-0.4, -0.2) is 37.5 Å². The van der Waals surface area contributed by atoms with Crippen LogP contribution >= 0.6 is 0 Å². The lowest BCUT2D eigenvalue weighted by atomic mass is 10.2. The molecule has 5 heteroatoms. The number of benzene rings is 1. The van der Waals surface area contributed by atoms with Gasteiger partial charge in [0.15, 0.2) is 0 Å². The van der Waals surface area contributed by atoms with Crippen molar-refractivity contribution in [1.82, 2.24) is 0 Å². The average molecular weight is 254 g/mol. The zero-order valence-corrected chi connectivity index (χ0v) is 10.8. The molecule has 0 heterocycles. The van der Waals surface area contributed by atoms with Crippen molar-refractivity contribution in [3.63, 3.8) is 0 Å². The molecule has 1 rings (SSSR count). The van der Waals surface area contributed by atoms with E-state index in [-0.39, 0.29) is 17.4 Å². The molecule has 1 aromatic rings. The zero-order valence-electron chi connectivity index (χ0n) is 10.8. The predicted octanol–water partition coefficient (Wildman–Crippen LogP) is 2.20. The third-order valence-corrected chi connectivity index (χ3v) is 2.30. The molecule has 0 saturated heterocycles. The van der Waals surface area contributed by atoms with E-state index in [0.29, 0.717) is 19.0 Å². The molecule has 0 aromatic heterocycles. The number of methoxy groups -OCH3 is 1. The van der Waals surface area contributed by atoms with Crippen LogP contribution in [0.15, 0.2) is 18.2 Å². The van der Waals surface area contributed by atoms with Crippen molar-refractivity contribution in [2.45, 2.75) is 20.0 Å². The SMILES string of the molecule is CCOCC(C)Oc1cc(OC)ccc1C(=O)O. The third-order valence-electron chi connectivity index (χ3n) is 2.30. The standard InChI is InChI=1S/C13H18O5/c1-4-17-8-9(2)18-12-7-10(16-3)5-6-11(12)13(14)15/h5-7,9H,4,8H2,1-3H3,(H,14,15). The molecule has 100 valence electrons. The molecule has 1 aromatic carbocycles. The Morgan fingerprint density at radius 1 is 1.44 bits per heavy atom. The second-order valence-electron chi connectivity index (χ2n) is 3.76. The van der Waals surface area contributed by atoms with E-state index in [1.54, 1.807) is 12.1 Å². The molecule has 0 amide bonds. The number of carbonyl (C=O) groups is 1. The Kier molecular flexibility index (Phi) is 5.45. The largest absolute Gasteiger partial charge is 0.497 e. The summed E-state index contributed by atoms with van der Waals surface area (Å²) in [6.07, 6.45) is -0.227. The minimum Gasteiger partial charge on any atom is -0.497 e. The number of rotatable bonds is 7. The maximum atomic E-state index is 11.1. The fourth-order valence-electron chi connectivity index (χ4n) is 1.44. The molecule has 0 saturated carbocycles. The molecule has 1 unspecified atom stereocenters. The Morgan fingerprint density at radius 2 is 2.17 bits per heavy atom. The van der Waals surface area contributed by atoms with Crippen molar-refractivity contribution in [2.75, 3.05) is 20.3 Å². The van der Waals surface area contributed by atoms with Gasteiger partial charge in [0.05, 0.1) is 13.7 Å².